The molecule has 0 aliphatic carbocycles. The number of hydrogen-bond acceptors (Lipinski definition) is 5. The number of thiocarbonyl (C=S) groups is 1. The second-order valence-corrected chi connectivity index (χ2v) is 4.74. The summed E-state index contributed by atoms with van der Waals surface area (Å²) in [6.07, 6.45) is 1.48. The summed E-state index contributed by atoms with van der Waals surface area (Å²) in [6, 6.07) is 5.29. The van der Waals surface area contributed by atoms with Gasteiger partial charge in [-0.25, -0.2) is 0 Å². The Balaban J connectivity index is 2.57. The molecule has 0 unspecified atom stereocenters. The number of nitrogens with one attached hydrogen (secondary N) is 2. The van der Waals surface area contributed by atoms with Crippen molar-refractivity contribution in [1.82, 2.24) is 10.7 Å². The molecular formula is C14H21N3O3S. The average Bonchev–Trinajstić information content (AvgIpc) is 2.43. The van der Waals surface area contributed by atoms with Gasteiger partial charge in [-0.2, -0.15) is 5.10 Å². The molecule has 0 amide bonds. The molecule has 7 heteroatoms. The quantitative estimate of drug-likeness (QED) is 0.404. The van der Waals surface area contributed by atoms with Crippen LogP contribution in [0.2, 0.25) is 0 Å². The highest BCUT2D eigenvalue weighted by Gasteiger charge is 2.06. The Morgan fingerprint density at radius 1 is 1.52 bits per heavy atom. The molecule has 0 spiro atoms. The summed E-state index contributed by atoms with van der Waals surface area (Å²) >= 11 is 5.08. The van der Waals surface area contributed by atoms with E-state index in [0.29, 0.717) is 29.6 Å². The first-order valence-corrected chi connectivity index (χ1v) is 7.02. The molecular weight excluding hydrogens is 290 g/mol. The number of phenolic OH excluding ortho intramolecular Hbond substituents is 1. The Morgan fingerprint density at radius 2 is 2.29 bits per heavy atom. The number of methoxy groups -OCH3 is 1. The van der Waals surface area contributed by atoms with Crippen LogP contribution in [0.5, 0.6) is 11.5 Å². The third-order valence-electron chi connectivity index (χ3n) is 2.49. The predicted molar refractivity (Wildman–Crippen MR) is 87.1 cm³/mol. The molecule has 0 saturated heterocycles. The van der Waals surface area contributed by atoms with Crippen molar-refractivity contribution in [1.29, 1.82) is 0 Å². The number of nitrogens with zero attached hydrogens (tertiary/aromatic N) is 1. The molecule has 116 valence electrons. The Morgan fingerprint density at radius 3 is 2.95 bits per heavy atom. The van der Waals surface area contributed by atoms with E-state index >= 15 is 0 Å². The summed E-state index contributed by atoms with van der Waals surface area (Å²) in [6.45, 7) is 4.83. The first-order chi connectivity index (χ1) is 10.1. The predicted octanol–water partition coefficient (Wildman–Crippen LogP) is 1.62. The number of hydrazone groups is 1. The average molecular weight is 311 g/mol. The van der Waals surface area contributed by atoms with Gasteiger partial charge in [0.25, 0.3) is 0 Å². The van der Waals surface area contributed by atoms with Gasteiger partial charge in [0.05, 0.1) is 19.4 Å². The zero-order valence-electron chi connectivity index (χ0n) is 12.4. The van der Waals surface area contributed by atoms with E-state index in [1.807, 2.05) is 13.8 Å². The lowest BCUT2D eigenvalue weighted by atomic mass is 10.2. The topological polar surface area (TPSA) is 75.1 Å². The number of para-hydroxylation sites is 1. The van der Waals surface area contributed by atoms with Gasteiger partial charge in [0.2, 0.25) is 0 Å². The fraction of sp³-hybridized carbons (Fsp3) is 0.429. The highest BCUT2D eigenvalue weighted by atomic mass is 32.1. The number of phenols is 1. The molecule has 0 aliphatic rings. The fourth-order valence-electron chi connectivity index (χ4n) is 1.62. The van der Waals surface area contributed by atoms with Crippen molar-refractivity contribution < 1.29 is 14.6 Å². The minimum Gasteiger partial charge on any atom is -0.504 e. The molecule has 0 saturated carbocycles. The summed E-state index contributed by atoms with van der Waals surface area (Å²) in [5, 5.41) is 17.4. The zero-order valence-corrected chi connectivity index (χ0v) is 13.2. The maximum Gasteiger partial charge on any atom is 0.187 e. The van der Waals surface area contributed by atoms with Gasteiger partial charge < -0.3 is 19.9 Å². The highest BCUT2D eigenvalue weighted by molar-refractivity contribution is 7.80. The molecule has 1 atom stereocenters. The molecule has 1 aromatic carbocycles. The molecule has 0 aromatic heterocycles. The molecule has 21 heavy (non-hydrogen) atoms. The Hall–Kier alpha value is -1.86. The van der Waals surface area contributed by atoms with Crippen LogP contribution in [0.3, 0.4) is 0 Å². The van der Waals surface area contributed by atoms with Gasteiger partial charge in [-0.1, -0.05) is 6.07 Å². The second kappa shape index (κ2) is 9.15. The molecule has 0 fully saturated rings. The smallest absolute Gasteiger partial charge is 0.187 e. The summed E-state index contributed by atoms with van der Waals surface area (Å²) in [4.78, 5) is 0. The van der Waals surface area contributed by atoms with Gasteiger partial charge in [0.1, 0.15) is 0 Å². The summed E-state index contributed by atoms with van der Waals surface area (Å²) in [5.74, 6) is 0.479. The lowest BCUT2D eigenvalue weighted by molar-refractivity contribution is 0.179. The monoisotopic (exact) mass is 311 g/mol. The molecule has 0 bridgehead atoms. The summed E-state index contributed by atoms with van der Waals surface area (Å²) in [7, 11) is 1.63. The van der Waals surface area contributed by atoms with E-state index in [0.717, 1.165) is 0 Å². The maximum atomic E-state index is 9.99. The lowest BCUT2D eigenvalue weighted by Crippen LogP contribution is -2.40. The minimum absolute atomic E-state index is 0.0523. The first-order valence-electron chi connectivity index (χ1n) is 6.61. The van der Waals surface area contributed by atoms with E-state index in [9.17, 15) is 5.11 Å². The van der Waals surface area contributed by atoms with Crippen LogP contribution in [0.4, 0.5) is 0 Å². The van der Waals surface area contributed by atoms with Crippen molar-refractivity contribution >= 4 is 23.5 Å². The number of aromatic hydroxyl groups is 1. The van der Waals surface area contributed by atoms with Gasteiger partial charge >= 0.3 is 0 Å². The molecule has 6 nitrogen and oxygen atoms in total. The van der Waals surface area contributed by atoms with Crippen LogP contribution in [0.25, 0.3) is 0 Å². The number of rotatable bonds is 7. The molecule has 0 radical (unpaired) electrons. The normalized spacial score (nSPS) is 12.1. The maximum absolute atomic E-state index is 9.99. The molecule has 1 rings (SSSR count). The largest absolute Gasteiger partial charge is 0.504 e. The van der Waals surface area contributed by atoms with E-state index < -0.39 is 0 Å². The van der Waals surface area contributed by atoms with Crippen LogP contribution in [0.1, 0.15) is 19.4 Å². The van der Waals surface area contributed by atoms with Crippen molar-refractivity contribution in [2.75, 3.05) is 20.3 Å². The Bertz CT molecular complexity index is 494. The van der Waals surface area contributed by atoms with Crippen LogP contribution in [0.15, 0.2) is 23.3 Å². The third-order valence-corrected chi connectivity index (χ3v) is 2.70. The third kappa shape index (κ3) is 5.97. The van der Waals surface area contributed by atoms with E-state index in [4.69, 9.17) is 21.7 Å². The van der Waals surface area contributed by atoms with E-state index in [1.165, 1.54) is 6.21 Å². The SMILES string of the molecule is CCOc1cccc(/C=N/NC(=S)N[C@@H](C)COC)c1O. The Kier molecular flexibility index (Phi) is 7.49. The van der Waals surface area contributed by atoms with Gasteiger partial charge in [0, 0.05) is 18.7 Å². The molecule has 0 heterocycles. The van der Waals surface area contributed by atoms with E-state index in [-0.39, 0.29) is 11.8 Å². The Labute approximate surface area is 130 Å². The van der Waals surface area contributed by atoms with Crippen molar-refractivity contribution in [2.24, 2.45) is 5.10 Å². The van der Waals surface area contributed by atoms with Crippen molar-refractivity contribution in [2.45, 2.75) is 19.9 Å². The van der Waals surface area contributed by atoms with Crippen molar-refractivity contribution in [3.63, 3.8) is 0 Å². The van der Waals surface area contributed by atoms with E-state index in [1.54, 1.807) is 25.3 Å². The van der Waals surface area contributed by atoms with Gasteiger partial charge in [0.15, 0.2) is 16.6 Å². The molecule has 1 aromatic rings. The van der Waals surface area contributed by atoms with Crippen LogP contribution < -0.4 is 15.5 Å². The van der Waals surface area contributed by atoms with E-state index in [2.05, 4.69) is 15.8 Å². The van der Waals surface area contributed by atoms with Gasteiger partial charge in [-0.05, 0) is 38.2 Å². The lowest BCUT2D eigenvalue weighted by Gasteiger charge is -2.13. The zero-order chi connectivity index (χ0) is 15.7. The second-order valence-electron chi connectivity index (χ2n) is 4.33. The minimum atomic E-state index is 0.0523. The van der Waals surface area contributed by atoms with Crippen molar-refractivity contribution in [3.8, 4) is 11.5 Å². The van der Waals surface area contributed by atoms with Crippen LogP contribution in [-0.4, -0.2) is 42.8 Å². The summed E-state index contributed by atoms with van der Waals surface area (Å²) in [5.41, 5.74) is 3.22. The molecule has 0 aliphatic heterocycles. The standard InChI is InChI=1S/C14H21N3O3S/c1-4-20-12-7-5-6-11(13(12)18)8-15-17-14(21)16-10(2)9-19-3/h5-8,10,18H,4,9H2,1-3H3,(H2,16,17,21)/b15-8+/t10-/m0/s1. The number of benzene rings is 1. The van der Waals surface area contributed by atoms with Crippen molar-refractivity contribution in [3.05, 3.63) is 23.8 Å². The highest BCUT2D eigenvalue weighted by Crippen LogP contribution is 2.28. The van der Waals surface area contributed by atoms with Gasteiger partial charge in [-0.15, -0.1) is 0 Å². The van der Waals surface area contributed by atoms with Crippen LogP contribution in [0, 0.1) is 0 Å². The molecule has 3 N–H and O–H groups in total. The first kappa shape index (κ1) is 17.2. The van der Waals surface area contributed by atoms with Crippen LogP contribution in [-0.2, 0) is 4.74 Å². The van der Waals surface area contributed by atoms with Crippen LogP contribution >= 0.6 is 12.2 Å². The number of ether oxygens (including phenoxy) is 2. The number of hydrogen-bond donors (Lipinski definition) is 3. The van der Waals surface area contributed by atoms with Gasteiger partial charge in [-0.3, -0.25) is 5.43 Å². The fourth-order valence-corrected chi connectivity index (χ4v) is 1.88. The summed E-state index contributed by atoms with van der Waals surface area (Å²) < 4.78 is 10.3.